The van der Waals surface area contributed by atoms with Crippen molar-refractivity contribution in [1.29, 1.82) is 0 Å². The van der Waals surface area contributed by atoms with Crippen molar-refractivity contribution >= 4 is 32.6 Å². The van der Waals surface area contributed by atoms with E-state index in [-0.39, 0.29) is 16.8 Å². The fourth-order valence-electron chi connectivity index (χ4n) is 2.02. The molecule has 0 atom stereocenters. The van der Waals surface area contributed by atoms with E-state index >= 15 is 0 Å². The van der Waals surface area contributed by atoms with Crippen LogP contribution >= 0.6 is 15.9 Å². The molecule has 0 aliphatic rings. The molecule has 0 bridgehead atoms. The number of fused-ring (bicyclic) bond motifs is 1. The number of hydrogen-bond acceptors (Lipinski definition) is 3. The number of H-pyrrole nitrogens is 1. The Morgan fingerprint density at radius 1 is 1.15 bits per heavy atom. The van der Waals surface area contributed by atoms with E-state index in [0.717, 1.165) is 4.47 Å². The van der Waals surface area contributed by atoms with Gasteiger partial charge in [-0.2, -0.15) is 0 Å². The molecular weight excluding hydrogens is 320 g/mol. The first-order chi connectivity index (χ1) is 9.66. The van der Waals surface area contributed by atoms with Gasteiger partial charge in [-0.05, 0) is 30.3 Å². The predicted octanol–water partition coefficient (Wildman–Crippen LogP) is 2.92. The lowest BCUT2D eigenvalue weighted by Crippen LogP contribution is -2.16. The minimum atomic E-state index is -0.310. The zero-order valence-corrected chi connectivity index (χ0v) is 11.8. The smallest absolute Gasteiger partial charge is 0.200 e. The number of hydrogen-bond donors (Lipinski definition) is 1. The molecule has 2 heterocycles. The minimum Gasteiger partial charge on any atom is -0.360 e. The third-order valence-corrected chi connectivity index (χ3v) is 3.52. The van der Waals surface area contributed by atoms with Crippen molar-refractivity contribution in [3.05, 3.63) is 74.7 Å². The Kier molecular flexibility index (Phi) is 3.20. The molecule has 0 radical (unpaired) electrons. The topological polar surface area (TPSA) is 62.8 Å². The number of pyridine rings is 2. The van der Waals surface area contributed by atoms with Crippen LogP contribution in [-0.4, -0.2) is 15.8 Å². The molecule has 20 heavy (non-hydrogen) atoms. The van der Waals surface area contributed by atoms with Crippen LogP contribution in [0.3, 0.4) is 0 Å². The Labute approximate surface area is 122 Å². The second-order valence-electron chi connectivity index (χ2n) is 4.29. The molecule has 0 amide bonds. The number of halogens is 1. The average molecular weight is 329 g/mol. The van der Waals surface area contributed by atoms with E-state index in [1.165, 1.54) is 18.6 Å². The molecule has 4 nitrogen and oxygen atoms in total. The average Bonchev–Trinajstić information content (AvgIpc) is 2.48. The van der Waals surface area contributed by atoms with E-state index in [4.69, 9.17) is 0 Å². The number of aromatic amines is 1. The molecule has 2 aromatic heterocycles. The molecular formula is C15H9BrN2O2. The van der Waals surface area contributed by atoms with Gasteiger partial charge in [0.1, 0.15) is 0 Å². The van der Waals surface area contributed by atoms with Gasteiger partial charge in [-0.1, -0.05) is 15.9 Å². The van der Waals surface area contributed by atoms with Gasteiger partial charge in [0.2, 0.25) is 5.43 Å². The molecule has 0 saturated carbocycles. The Hall–Kier alpha value is -2.27. The monoisotopic (exact) mass is 328 g/mol. The highest BCUT2D eigenvalue weighted by molar-refractivity contribution is 9.10. The lowest BCUT2D eigenvalue weighted by Gasteiger charge is -2.03. The molecule has 1 aromatic carbocycles. The Morgan fingerprint density at radius 2 is 1.90 bits per heavy atom. The van der Waals surface area contributed by atoms with Crippen LogP contribution in [0.15, 0.2) is 58.2 Å². The normalized spacial score (nSPS) is 10.7. The van der Waals surface area contributed by atoms with E-state index in [1.54, 1.807) is 24.3 Å². The van der Waals surface area contributed by atoms with Crippen molar-refractivity contribution in [1.82, 2.24) is 9.97 Å². The standard InChI is InChI=1S/C15H9BrN2O2/c16-10-1-2-13-11(7-10)15(20)12(8-18-13)14(19)9-3-5-17-6-4-9/h1-8H,(H,18,20). The van der Waals surface area contributed by atoms with Gasteiger partial charge >= 0.3 is 0 Å². The van der Waals surface area contributed by atoms with E-state index < -0.39 is 0 Å². The van der Waals surface area contributed by atoms with Crippen molar-refractivity contribution in [2.45, 2.75) is 0 Å². The summed E-state index contributed by atoms with van der Waals surface area (Å²) in [6.45, 7) is 0. The van der Waals surface area contributed by atoms with Crippen molar-refractivity contribution < 1.29 is 4.79 Å². The quantitative estimate of drug-likeness (QED) is 0.736. The lowest BCUT2D eigenvalue weighted by molar-refractivity contribution is 0.103. The third-order valence-electron chi connectivity index (χ3n) is 3.03. The number of nitrogens with zero attached hydrogens (tertiary/aromatic N) is 1. The van der Waals surface area contributed by atoms with Gasteiger partial charge < -0.3 is 4.98 Å². The van der Waals surface area contributed by atoms with Crippen molar-refractivity contribution in [2.75, 3.05) is 0 Å². The predicted molar refractivity (Wildman–Crippen MR) is 79.9 cm³/mol. The zero-order valence-electron chi connectivity index (χ0n) is 10.3. The number of aromatic nitrogens is 2. The van der Waals surface area contributed by atoms with Crippen LogP contribution in [0.25, 0.3) is 10.9 Å². The summed E-state index contributed by atoms with van der Waals surface area (Å²) >= 11 is 3.33. The number of carbonyl (C=O) groups excluding carboxylic acids is 1. The Morgan fingerprint density at radius 3 is 2.65 bits per heavy atom. The van der Waals surface area contributed by atoms with Crippen molar-refractivity contribution in [3.63, 3.8) is 0 Å². The van der Waals surface area contributed by atoms with Gasteiger partial charge in [0.05, 0.1) is 5.56 Å². The van der Waals surface area contributed by atoms with E-state index in [9.17, 15) is 9.59 Å². The molecule has 0 aliphatic carbocycles. The first-order valence-electron chi connectivity index (χ1n) is 5.92. The maximum Gasteiger partial charge on any atom is 0.200 e. The fourth-order valence-corrected chi connectivity index (χ4v) is 2.38. The molecule has 0 unspecified atom stereocenters. The van der Waals surface area contributed by atoms with Crippen LogP contribution in [0.4, 0.5) is 0 Å². The van der Waals surface area contributed by atoms with Gasteiger partial charge in [0, 0.05) is 39.5 Å². The first-order valence-corrected chi connectivity index (χ1v) is 6.72. The summed E-state index contributed by atoms with van der Waals surface area (Å²) < 4.78 is 0.795. The van der Waals surface area contributed by atoms with Crippen molar-refractivity contribution in [3.8, 4) is 0 Å². The molecule has 0 saturated heterocycles. The molecule has 0 fully saturated rings. The van der Waals surface area contributed by atoms with Gasteiger partial charge in [-0.3, -0.25) is 14.6 Å². The van der Waals surface area contributed by atoms with Crippen LogP contribution in [0, 0.1) is 0 Å². The largest absolute Gasteiger partial charge is 0.360 e. The Balaban J connectivity index is 2.20. The molecule has 3 rings (SSSR count). The zero-order chi connectivity index (χ0) is 14.1. The maximum atomic E-state index is 12.4. The fraction of sp³-hybridized carbons (Fsp3) is 0. The molecule has 1 N–H and O–H groups in total. The summed E-state index contributed by atoms with van der Waals surface area (Å²) in [6.07, 6.45) is 4.51. The summed E-state index contributed by atoms with van der Waals surface area (Å²) in [5, 5.41) is 0.485. The van der Waals surface area contributed by atoms with E-state index in [1.807, 2.05) is 6.07 Å². The highest BCUT2D eigenvalue weighted by Crippen LogP contribution is 2.16. The minimum absolute atomic E-state index is 0.127. The number of nitrogens with one attached hydrogen (secondary N) is 1. The summed E-state index contributed by atoms with van der Waals surface area (Å²) in [5.41, 5.74) is 0.994. The molecule has 3 aromatic rings. The van der Waals surface area contributed by atoms with Gasteiger partial charge in [0.15, 0.2) is 5.78 Å². The summed E-state index contributed by atoms with van der Waals surface area (Å²) in [4.78, 5) is 31.6. The molecule has 0 aliphatic heterocycles. The number of ketones is 1. The highest BCUT2D eigenvalue weighted by atomic mass is 79.9. The maximum absolute atomic E-state index is 12.4. The summed E-state index contributed by atoms with van der Waals surface area (Å²) in [7, 11) is 0. The van der Waals surface area contributed by atoms with Gasteiger partial charge in [-0.25, -0.2) is 0 Å². The second-order valence-corrected chi connectivity index (χ2v) is 5.20. The first kappa shape index (κ1) is 12.7. The van der Waals surface area contributed by atoms with Gasteiger partial charge in [-0.15, -0.1) is 0 Å². The van der Waals surface area contributed by atoms with E-state index in [0.29, 0.717) is 16.5 Å². The Bertz CT molecular complexity index is 857. The van der Waals surface area contributed by atoms with Crippen LogP contribution in [0.5, 0.6) is 0 Å². The third kappa shape index (κ3) is 2.16. The SMILES string of the molecule is O=C(c1ccncc1)c1c[nH]c2ccc(Br)cc2c1=O. The molecule has 5 heteroatoms. The number of carbonyl (C=O) groups is 1. The highest BCUT2D eigenvalue weighted by Gasteiger charge is 2.14. The summed E-state index contributed by atoms with van der Waals surface area (Å²) in [5.74, 6) is -0.310. The van der Waals surface area contributed by atoms with Crippen LogP contribution in [-0.2, 0) is 0 Å². The second kappa shape index (κ2) is 5.02. The molecule has 0 spiro atoms. The van der Waals surface area contributed by atoms with E-state index in [2.05, 4.69) is 25.9 Å². The number of benzene rings is 1. The number of rotatable bonds is 2. The van der Waals surface area contributed by atoms with Crippen LogP contribution in [0.2, 0.25) is 0 Å². The lowest BCUT2D eigenvalue weighted by atomic mass is 10.0. The molecule has 98 valence electrons. The van der Waals surface area contributed by atoms with Crippen LogP contribution in [0.1, 0.15) is 15.9 Å². The van der Waals surface area contributed by atoms with Crippen LogP contribution < -0.4 is 5.43 Å². The van der Waals surface area contributed by atoms with Crippen molar-refractivity contribution in [2.24, 2.45) is 0 Å². The van der Waals surface area contributed by atoms with Gasteiger partial charge in [0.25, 0.3) is 0 Å². The summed E-state index contributed by atoms with van der Waals surface area (Å²) in [6, 6.07) is 8.52.